The van der Waals surface area contributed by atoms with Crippen LogP contribution in [0.15, 0.2) is 23.4 Å². The zero-order valence-electron chi connectivity index (χ0n) is 16.4. The van der Waals surface area contributed by atoms with E-state index in [0.717, 1.165) is 5.56 Å². The van der Waals surface area contributed by atoms with Gasteiger partial charge in [0.25, 0.3) is 0 Å². The molecule has 0 saturated heterocycles. The molecule has 2 rings (SSSR count). The van der Waals surface area contributed by atoms with E-state index in [2.05, 4.69) is 15.5 Å². The maximum Gasteiger partial charge on any atom is 0.230 e. The molecule has 1 atom stereocenters. The fourth-order valence-corrected chi connectivity index (χ4v) is 3.33. The number of aromatic nitrogens is 3. The number of aryl methyl sites for hydroxylation is 1. The van der Waals surface area contributed by atoms with E-state index in [9.17, 15) is 9.59 Å². The maximum absolute atomic E-state index is 12.4. The molecule has 0 unspecified atom stereocenters. The van der Waals surface area contributed by atoms with Gasteiger partial charge in [-0.2, -0.15) is 0 Å². The second-order valence-corrected chi connectivity index (χ2v) is 7.05. The lowest BCUT2D eigenvalue weighted by atomic mass is 10.1. The molecule has 9 nitrogen and oxygen atoms in total. The van der Waals surface area contributed by atoms with Crippen molar-refractivity contribution >= 4 is 23.6 Å². The minimum atomic E-state index is -0.390. The van der Waals surface area contributed by atoms with E-state index >= 15 is 0 Å². The Bertz CT molecular complexity index is 839. The monoisotopic (exact) mass is 407 g/mol. The number of amides is 2. The van der Waals surface area contributed by atoms with Gasteiger partial charge in [0.05, 0.1) is 26.0 Å². The van der Waals surface area contributed by atoms with E-state index in [-0.39, 0.29) is 24.1 Å². The Balaban J connectivity index is 1.95. The number of ether oxygens (including phenoxy) is 2. The Morgan fingerprint density at radius 2 is 2.04 bits per heavy atom. The fourth-order valence-electron chi connectivity index (χ4n) is 2.59. The van der Waals surface area contributed by atoms with Gasteiger partial charge in [-0.15, -0.1) is 10.2 Å². The number of methoxy groups -OCH3 is 2. The summed E-state index contributed by atoms with van der Waals surface area (Å²) >= 11 is 1.27. The first-order chi connectivity index (χ1) is 13.3. The largest absolute Gasteiger partial charge is 0.497 e. The van der Waals surface area contributed by atoms with Crippen LogP contribution in [0.1, 0.15) is 30.8 Å². The van der Waals surface area contributed by atoms with Crippen molar-refractivity contribution < 1.29 is 19.1 Å². The topological polar surface area (TPSA) is 121 Å². The molecule has 0 saturated carbocycles. The van der Waals surface area contributed by atoms with E-state index in [1.54, 1.807) is 38.0 Å². The predicted octanol–water partition coefficient (Wildman–Crippen LogP) is 1.22. The zero-order chi connectivity index (χ0) is 20.7. The lowest BCUT2D eigenvalue weighted by Gasteiger charge is -2.18. The van der Waals surface area contributed by atoms with Gasteiger partial charge in [-0.25, -0.2) is 0 Å². The average Bonchev–Trinajstić information content (AvgIpc) is 3.03. The number of hydrogen-bond donors (Lipinski definition) is 2. The summed E-state index contributed by atoms with van der Waals surface area (Å²) in [5.41, 5.74) is 5.98. The summed E-state index contributed by atoms with van der Waals surface area (Å²) in [5.74, 6) is 1.65. The van der Waals surface area contributed by atoms with Crippen molar-refractivity contribution in [2.75, 3.05) is 20.0 Å². The van der Waals surface area contributed by atoms with Crippen LogP contribution in [0.4, 0.5) is 0 Å². The molecule has 3 N–H and O–H groups in total. The Kier molecular flexibility index (Phi) is 7.68. The second kappa shape index (κ2) is 9.98. The van der Waals surface area contributed by atoms with E-state index < -0.39 is 5.91 Å². The third kappa shape index (κ3) is 5.62. The number of benzene rings is 1. The maximum atomic E-state index is 12.4. The third-order valence-electron chi connectivity index (χ3n) is 4.13. The van der Waals surface area contributed by atoms with Crippen molar-refractivity contribution in [2.45, 2.75) is 31.0 Å². The lowest BCUT2D eigenvalue weighted by Crippen LogP contribution is -2.28. The average molecular weight is 407 g/mol. The van der Waals surface area contributed by atoms with Crippen LogP contribution < -0.4 is 20.5 Å². The van der Waals surface area contributed by atoms with Crippen molar-refractivity contribution in [1.82, 2.24) is 20.1 Å². The van der Waals surface area contributed by atoms with Crippen molar-refractivity contribution in [3.05, 3.63) is 29.6 Å². The molecule has 28 heavy (non-hydrogen) atoms. The van der Waals surface area contributed by atoms with Crippen LogP contribution in [0.5, 0.6) is 11.5 Å². The molecular formula is C18H25N5O4S. The van der Waals surface area contributed by atoms with E-state index in [0.29, 0.717) is 28.9 Å². The molecule has 152 valence electrons. The lowest BCUT2D eigenvalue weighted by molar-refractivity contribution is -0.119. The molecule has 10 heteroatoms. The number of hydrogen-bond acceptors (Lipinski definition) is 7. The Morgan fingerprint density at radius 3 is 2.68 bits per heavy atom. The number of nitrogens with one attached hydrogen (secondary N) is 1. The normalized spacial score (nSPS) is 11.7. The number of thioether (sulfide) groups is 1. The van der Waals surface area contributed by atoms with Crippen LogP contribution >= 0.6 is 11.8 Å². The van der Waals surface area contributed by atoms with Gasteiger partial charge in [0.2, 0.25) is 11.8 Å². The Labute approximate surface area is 168 Å². The number of carbonyl (C=O) groups is 2. The molecule has 2 aromatic rings. The SMILES string of the molecule is COc1ccc(OC)c([C@H](C)NC(=O)CSc2nnc(CCC(N)=O)n2C)c1. The molecule has 0 bridgehead atoms. The third-order valence-corrected chi connectivity index (χ3v) is 5.15. The van der Waals surface area contributed by atoms with Gasteiger partial charge in [0.1, 0.15) is 17.3 Å². The first-order valence-corrected chi connectivity index (χ1v) is 9.65. The molecule has 0 aliphatic rings. The van der Waals surface area contributed by atoms with Crippen LogP contribution in [0.3, 0.4) is 0 Å². The fraction of sp³-hybridized carbons (Fsp3) is 0.444. The predicted molar refractivity (Wildman–Crippen MR) is 105 cm³/mol. The van der Waals surface area contributed by atoms with Crippen LogP contribution in [-0.2, 0) is 23.1 Å². The van der Waals surface area contributed by atoms with Gasteiger partial charge >= 0.3 is 0 Å². The van der Waals surface area contributed by atoms with Crippen LogP contribution in [0, 0.1) is 0 Å². The molecule has 2 amide bonds. The highest BCUT2D eigenvalue weighted by atomic mass is 32.2. The number of nitrogens with two attached hydrogens (primary N) is 1. The van der Waals surface area contributed by atoms with Gasteiger partial charge in [-0.1, -0.05) is 11.8 Å². The number of carbonyl (C=O) groups excluding carboxylic acids is 2. The zero-order valence-corrected chi connectivity index (χ0v) is 17.2. The van der Waals surface area contributed by atoms with Gasteiger partial charge in [0, 0.05) is 25.5 Å². The summed E-state index contributed by atoms with van der Waals surface area (Å²) in [6, 6.07) is 5.18. The van der Waals surface area contributed by atoms with E-state index in [4.69, 9.17) is 15.2 Å². The number of nitrogens with zero attached hydrogens (tertiary/aromatic N) is 3. The molecule has 0 aliphatic heterocycles. The second-order valence-electron chi connectivity index (χ2n) is 6.11. The molecule has 0 fully saturated rings. The smallest absolute Gasteiger partial charge is 0.230 e. The standard InChI is InChI=1S/C18H25N5O4S/c1-11(13-9-12(26-3)5-6-14(13)27-4)20-17(25)10-28-18-22-21-16(23(18)2)8-7-15(19)24/h5-6,9,11H,7-8,10H2,1-4H3,(H2,19,24)(H,20,25)/t11-/m0/s1. The molecule has 0 spiro atoms. The van der Waals surface area contributed by atoms with Crippen LogP contribution in [0.25, 0.3) is 0 Å². The van der Waals surface area contributed by atoms with Gasteiger partial charge in [0.15, 0.2) is 5.16 Å². The van der Waals surface area contributed by atoms with Gasteiger partial charge in [-0.3, -0.25) is 9.59 Å². The minimum Gasteiger partial charge on any atom is -0.497 e. The Morgan fingerprint density at radius 1 is 1.29 bits per heavy atom. The molecule has 1 heterocycles. The van der Waals surface area contributed by atoms with Crippen LogP contribution in [0.2, 0.25) is 0 Å². The molecule has 1 aromatic heterocycles. The molecule has 0 aliphatic carbocycles. The summed E-state index contributed by atoms with van der Waals surface area (Å²) in [5, 5.41) is 11.6. The summed E-state index contributed by atoms with van der Waals surface area (Å²) in [4.78, 5) is 23.3. The summed E-state index contributed by atoms with van der Waals surface area (Å²) in [6.07, 6.45) is 0.620. The first kappa shape index (κ1) is 21.5. The van der Waals surface area contributed by atoms with E-state index in [1.165, 1.54) is 11.8 Å². The number of rotatable bonds is 10. The van der Waals surface area contributed by atoms with Crippen molar-refractivity contribution in [3.63, 3.8) is 0 Å². The summed E-state index contributed by atoms with van der Waals surface area (Å²) in [6.45, 7) is 1.88. The minimum absolute atomic E-state index is 0.149. The van der Waals surface area contributed by atoms with Crippen molar-refractivity contribution in [1.29, 1.82) is 0 Å². The van der Waals surface area contributed by atoms with Crippen molar-refractivity contribution in [3.8, 4) is 11.5 Å². The molecular weight excluding hydrogens is 382 g/mol. The molecule has 0 radical (unpaired) electrons. The highest BCUT2D eigenvalue weighted by Crippen LogP contribution is 2.29. The van der Waals surface area contributed by atoms with Gasteiger partial charge in [-0.05, 0) is 25.1 Å². The molecule has 1 aromatic carbocycles. The quantitative estimate of drug-likeness (QED) is 0.568. The summed E-state index contributed by atoms with van der Waals surface area (Å²) < 4.78 is 12.4. The van der Waals surface area contributed by atoms with Gasteiger partial charge < -0.3 is 25.1 Å². The summed E-state index contributed by atoms with van der Waals surface area (Å²) in [7, 11) is 4.96. The van der Waals surface area contributed by atoms with Crippen LogP contribution in [-0.4, -0.2) is 46.6 Å². The highest BCUT2D eigenvalue weighted by Gasteiger charge is 2.17. The Hall–Kier alpha value is -2.75. The van der Waals surface area contributed by atoms with E-state index in [1.807, 2.05) is 13.0 Å². The first-order valence-electron chi connectivity index (χ1n) is 8.66. The highest BCUT2D eigenvalue weighted by molar-refractivity contribution is 7.99. The van der Waals surface area contributed by atoms with Crippen molar-refractivity contribution in [2.24, 2.45) is 12.8 Å². The number of primary amides is 1.